The Balaban J connectivity index is 1.23. The highest BCUT2D eigenvalue weighted by molar-refractivity contribution is 7.99. The summed E-state index contributed by atoms with van der Waals surface area (Å²) in [5.41, 5.74) is 3.46. The number of aryl methyl sites for hydroxylation is 1. The van der Waals surface area contributed by atoms with Gasteiger partial charge in [-0.3, -0.25) is 9.36 Å². The second-order valence-electron chi connectivity index (χ2n) is 9.07. The number of carbonyl (C=O) groups excluding carboxylic acids is 1. The molecule has 0 atom stereocenters. The minimum absolute atomic E-state index is 0.170. The Labute approximate surface area is 210 Å². The number of benzene rings is 2. The molecule has 0 bridgehead atoms. The van der Waals surface area contributed by atoms with Gasteiger partial charge in [0.05, 0.1) is 24.1 Å². The van der Waals surface area contributed by atoms with Gasteiger partial charge >= 0.3 is 0 Å². The summed E-state index contributed by atoms with van der Waals surface area (Å²) in [5, 5.41) is 9.66. The van der Waals surface area contributed by atoms with Gasteiger partial charge < -0.3 is 9.32 Å². The first-order valence-corrected chi connectivity index (χ1v) is 13.1. The summed E-state index contributed by atoms with van der Waals surface area (Å²) in [4.78, 5) is 15.0. The van der Waals surface area contributed by atoms with Gasteiger partial charge in [0, 0.05) is 13.1 Å². The molecular weight excluding hydrogens is 456 g/mol. The third kappa shape index (κ3) is 5.68. The number of likely N-dealkylation sites (tertiary alicyclic amines) is 1. The van der Waals surface area contributed by atoms with Crippen molar-refractivity contribution in [3.05, 3.63) is 89.9 Å². The van der Waals surface area contributed by atoms with Crippen LogP contribution in [0.15, 0.2) is 82.6 Å². The minimum Gasteiger partial charge on any atom is -0.469 e. The first kappa shape index (κ1) is 23.4. The Hall–Kier alpha value is -3.32. The SMILES string of the molecule is Cc1occc1-c1nnc(SCC(=O)N2CCC(Cc3ccccc3)CC2)n1Cc1ccccc1. The number of hydrogen-bond donors (Lipinski definition) is 0. The maximum absolute atomic E-state index is 13.0. The summed E-state index contributed by atoms with van der Waals surface area (Å²) in [6, 6.07) is 22.8. The fourth-order valence-electron chi connectivity index (χ4n) is 4.67. The summed E-state index contributed by atoms with van der Waals surface area (Å²) in [7, 11) is 0. The zero-order valence-electron chi connectivity index (χ0n) is 20.0. The van der Waals surface area contributed by atoms with Gasteiger partial charge in [0.15, 0.2) is 11.0 Å². The van der Waals surface area contributed by atoms with Crippen LogP contribution in [-0.2, 0) is 17.8 Å². The highest BCUT2D eigenvalue weighted by atomic mass is 32.2. The van der Waals surface area contributed by atoms with E-state index in [1.165, 1.54) is 17.3 Å². The summed E-state index contributed by atoms with van der Waals surface area (Å²) in [6.45, 7) is 4.21. The molecule has 4 aromatic rings. The number of aromatic nitrogens is 3. The number of furan rings is 1. The summed E-state index contributed by atoms with van der Waals surface area (Å²) in [5.74, 6) is 2.74. The fraction of sp³-hybridized carbons (Fsp3) is 0.321. The Kier molecular flexibility index (Phi) is 7.33. The molecule has 6 nitrogen and oxygen atoms in total. The predicted octanol–water partition coefficient (Wildman–Crippen LogP) is 5.47. The monoisotopic (exact) mass is 486 g/mol. The lowest BCUT2D eigenvalue weighted by atomic mass is 9.90. The van der Waals surface area contributed by atoms with Crippen LogP contribution in [0.4, 0.5) is 0 Å². The van der Waals surface area contributed by atoms with Crippen molar-refractivity contribution in [1.29, 1.82) is 0 Å². The highest BCUT2D eigenvalue weighted by Gasteiger charge is 2.24. The van der Waals surface area contributed by atoms with Gasteiger partial charge in [0.2, 0.25) is 5.91 Å². The smallest absolute Gasteiger partial charge is 0.233 e. The average molecular weight is 487 g/mol. The van der Waals surface area contributed by atoms with Crippen LogP contribution in [0, 0.1) is 12.8 Å². The molecule has 1 fully saturated rings. The van der Waals surface area contributed by atoms with E-state index in [4.69, 9.17) is 4.42 Å². The Morgan fingerprint density at radius 3 is 2.31 bits per heavy atom. The van der Waals surface area contributed by atoms with E-state index in [0.29, 0.717) is 18.2 Å². The maximum atomic E-state index is 13.0. The molecular formula is C28H30N4O2S. The molecule has 0 N–H and O–H groups in total. The minimum atomic E-state index is 0.170. The Bertz CT molecular complexity index is 1240. The zero-order chi connectivity index (χ0) is 24.0. The average Bonchev–Trinajstić information content (AvgIpc) is 3.49. The molecule has 180 valence electrons. The van der Waals surface area contributed by atoms with E-state index in [-0.39, 0.29) is 5.91 Å². The summed E-state index contributed by atoms with van der Waals surface area (Å²) >= 11 is 1.46. The number of nitrogens with zero attached hydrogens (tertiary/aromatic N) is 4. The van der Waals surface area contributed by atoms with Gasteiger partial charge in [0.25, 0.3) is 0 Å². The van der Waals surface area contributed by atoms with Gasteiger partial charge in [-0.2, -0.15) is 0 Å². The van der Waals surface area contributed by atoms with E-state index in [2.05, 4.69) is 57.2 Å². The number of carbonyl (C=O) groups is 1. The van der Waals surface area contributed by atoms with Crippen LogP contribution in [0.5, 0.6) is 0 Å². The van der Waals surface area contributed by atoms with Crippen molar-refractivity contribution in [1.82, 2.24) is 19.7 Å². The molecule has 2 aromatic carbocycles. The molecule has 7 heteroatoms. The number of rotatable bonds is 8. The Morgan fingerprint density at radius 1 is 0.971 bits per heavy atom. The largest absolute Gasteiger partial charge is 0.469 e. The number of amides is 1. The predicted molar refractivity (Wildman–Crippen MR) is 138 cm³/mol. The zero-order valence-corrected chi connectivity index (χ0v) is 20.8. The molecule has 2 aromatic heterocycles. The molecule has 3 heterocycles. The fourth-order valence-corrected chi connectivity index (χ4v) is 5.51. The lowest BCUT2D eigenvalue weighted by Gasteiger charge is -2.32. The van der Waals surface area contributed by atoms with Gasteiger partial charge in [-0.25, -0.2) is 0 Å². The van der Waals surface area contributed by atoms with Crippen LogP contribution in [0.2, 0.25) is 0 Å². The standard InChI is InChI=1S/C28H30N4O2S/c1-21-25(14-17-34-21)27-29-30-28(32(27)19-24-10-6-3-7-11-24)35-20-26(33)31-15-12-23(13-16-31)18-22-8-4-2-5-9-22/h2-11,14,17,23H,12-13,15-16,18-20H2,1H3. The summed E-state index contributed by atoms with van der Waals surface area (Å²) < 4.78 is 7.59. The molecule has 1 saturated heterocycles. The molecule has 1 aliphatic rings. The van der Waals surface area contributed by atoms with Crippen molar-refractivity contribution in [2.24, 2.45) is 5.92 Å². The third-order valence-electron chi connectivity index (χ3n) is 6.66. The van der Waals surface area contributed by atoms with Crippen molar-refractivity contribution >= 4 is 17.7 Å². The van der Waals surface area contributed by atoms with Gasteiger partial charge in [-0.1, -0.05) is 72.4 Å². The second kappa shape index (κ2) is 11.0. The second-order valence-corrected chi connectivity index (χ2v) is 10.0. The topological polar surface area (TPSA) is 64.2 Å². The lowest BCUT2D eigenvalue weighted by Crippen LogP contribution is -2.39. The van der Waals surface area contributed by atoms with E-state index in [9.17, 15) is 4.79 Å². The van der Waals surface area contributed by atoms with Gasteiger partial charge in [-0.15, -0.1) is 10.2 Å². The van der Waals surface area contributed by atoms with Gasteiger partial charge in [-0.05, 0) is 49.3 Å². The first-order valence-electron chi connectivity index (χ1n) is 12.1. The molecule has 1 aliphatic heterocycles. The first-order chi connectivity index (χ1) is 17.2. The highest BCUT2D eigenvalue weighted by Crippen LogP contribution is 2.29. The van der Waals surface area contributed by atoms with E-state index in [0.717, 1.165) is 60.2 Å². The molecule has 35 heavy (non-hydrogen) atoms. The lowest BCUT2D eigenvalue weighted by molar-refractivity contribution is -0.129. The molecule has 0 unspecified atom stereocenters. The van der Waals surface area contributed by atoms with Crippen LogP contribution >= 0.6 is 11.8 Å². The number of hydrogen-bond acceptors (Lipinski definition) is 5. The normalized spacial score (nSPS) is 14.4. The Morgan fingerprint density at radius 2 is 1.66 bits per heavy atom. The van der Waals surface area contributed by atoms with Crippen molar-refractivity contribution < 1.29 is 9.21 Å². The van der Waals surface area contributed by atoms with Crippen molar-refractivity contribution in [2.75, 3.05) is 18.8 Å². The van der Waals surface area contributed by atoms with Crippen LogP contribution in [0.3, 0.4) is 0 Å². The van der Waals surface area contributed by atoms with Crippen molar-refractivity contribution in [3.8, 4) is 11.4 Å². The molecule has 0 aliphatic carbocycles. The van der Waals surface area contributed by atoms with Crippen molar-refractivity contribution in [3.63, 3.8) is 0 Å². The van der Waals surface area contributed by atoms with Crippen LogP contribution < -0.4 is 0 Å². The molecule has 1 amide bonds. The summed E-state index contributed by atoms with van der Waals surface area (Å²) in [6.07, 6.45) is 4.87. The van der Waals surface area contributed by atoms with E-state index < -0.39 is 0 Å². The molecule has 0 radical (unpaired) electrons. The third-order valence-corrected chi connectivity index (χ3v) is 7.61. The van der Waals surface area contributed by atoms with Crippen LogP contribution in [0.1, 0.15) is 29.7 Å². The molecule has 0 saturated carbocycles. The molecule has 5 rings (SSSR count). The van der Waals surface area contributed by atoms with Crippen LogP contribution in [0.25, 0.3) is 11.4 Å². The van der Waals surface area contributed by atoms with Crippen molar-refractivity contribution in [2.45, 2.75) is 37.9 Å². The number of piperidine rings is 1. The van der Waals surface area contributed by atoms with E-state index in [1.54, 1.807) is 6.26 Å². The van der Waals surface area contributed by atoms with E-state index in [1.807, 2.05) is 36.1 Å². The molecule has 0 spiro atoms. The number of thioether (sulfide) groups is 1. The quantitative estimate of drug-likeness (QED) is 0.309. The maximum Gasteiger partial charge on any atom is 0.233 e. The van der Waals surface area contributed by atoms with E-state index >= 15 is 0 Å². The van der Waals surface area contributed by atoms with Gasteiger partial charge in [0.1, 0.15) is 5.76 Å². The van der Waals surface area contributed by atoms with Crippen LogP contribution in [-0.4, -0.2) is 44.4 Å².